The van der Waals surface area contributed by atoms with Gasteiger partial charge in [0.1, 0.15) is 19.4 Å². The van der Waals surface area contributed by atoms with Gasteiger partial charge in [-0.25, -0.2) is 4.39 Å². The Morgan fingerprint density at radius 1 is 1.58 bits per heavy atom. The number of carbonyl (C=O) groups excluding carboxylic acids is 1. The molecule has 0 atom stereocenters. The number of benzene rings is 1. The summed E-state index contributed by atoms with van der Waals surface area (Å²) >= 11 is 0. The molecular weight excluding hydrogens is 158 g/mol. The summed E-state index contributed by atoms with van der Waals surface area (Å²) in [4.78, 5) is 10.4. The molecule has 0 aliphatic heterocycles. The van der Waals surface area contributed by atoms with Crippen molar-refractivity contribution in [3.8, 4) is 5.75 Å². The summed E-state index contributed by atoms with van der Waals surface area (Å²) in [7, 11) is 3.14. The molecule has 0 bridgehead atoms. The van der Waals surface area contributed by atoms with Crippen molar-refractivity contribution in [1.82, 2.24) is 0 Å². The van der Waals surface area contributed by atoms with Crippen LogP contribution in [0, 0.1) is 5.82 Å². The second-order valence-corrected chi connectivity index (χ2v) is 2.46. The molecule has 0 saturated heterocycles. The molecule has 0 spiro atoms. The van der Waals surface area contributed by atoms with Gasteiger partial charge in [0.25, 0.3) is 0 Å². The third-order valence-electron chi connectivity index (χ3n) is 1.60. The molecule has 1 aromatic carbocycles. The average Bonchev–Trinajstić information content (AvgIpc) is 2.03. The quantitative estimate of drug-likeness (QED) is 0.453. The van der Waals surface area contributed by atoms with E-state index in [0.717, 1.165) is 6.07 Å². The van der Waals surface area contributed by atoms with Gasteiger partial charge >= 0.3 is 0 Å². The number of carbonyl (C=O) groups is 1. The lowest BCUT2D eigenvalue weighted by molar-refractivity contribution is 0.112. The fourth-order valence-electron chi connectivity index (χ4n) is 1.12. The Hall–Kier alpha value is -1.32. The van der Waals surface area contributed by atoms with E-state index in [1.165, 1.54) is 13.2 Å². The van der Waals surface area contributed by atoms with Gasteiger partial charge in [-0.2, -0.15) is 0 Å². The zero-order chi connectivity index (χ0) is 9.14. The first-order valence-corrected chi connectivity index (χ1v) is 3.48. The van der Waals surface area contributed by atoms with Crippen LogP contribution in [0.1, 0.15) is 10.4 Å². The van der Waals surface area contributed by atoms with E-state index in [1.807, 2.05) is 0 Å². The Kier molecular flexibility index (Phi) is 2.48. The van der Waals surface area contributed by atoms with Crippen LogP contribution in [0.15, 0.2) is 12.1 Å². The minimum atomic E-state index is -0.421. The Balaban J connectivity index is 3.33. The number of ether oxygens (including phenoxy) is 1. The molecule has 2 nitrogen and oxygen atoms in total. The third kappa shape index (κ3) is 1.47. The molecule has 0 aliphatic rings. The van der Waals surface area contributed by atoms with Gasteiger partial charge in [0.2, 0.25) is 0 Å². The van der Waals surface area contributed by atoms with Crippen molar-refractivity contribution in [2.45, 2.75) is 0 Å². The van der Waals surface area contributed by atoms with Gasteiger partial charge in [-0.1, -0.05) is 0 Å². The highest BCUT2D eigenvalue weighted by atomic mass is 19.1. The lowest BCUT2D eigenvalue weighted by Gasteiger charge is -2.06. The minimum Gasteiger partial charge on any atom is -0.497 e. The summed E-state index contributed by atoms with van der Waals surface area (Å²) < 4.78 is 17.6. The van der Waals surface area contributed by atoms with E-state index in [2.05, 4.69) is 0 Å². The van der Waals surface area contributed by atoms with E-state index in [9.17, 15) is 9.18 Å². The largest absolute Gasteiger partial charge is 0.497 e. The zero-order valence-corrected chi connectivity index (χ0v) is 6.93. The highest BCUT2D eigenvalue weighted by Crippen LogP contribution is 2.13. The van der Waals surface area contributed by atoms with Gasteiger partial charge in [-0.05, 0) is 17.6 Å². The van der Waals surface area contributed by atoms with Crippen molar-refractivity contribution < 1.29 is 13.9 Å². The molecule has 0 fully saturated rings. The second-order valence-electron chi connectivity index (χ2n) is 2.46. The Morgan fingerprint density at radius 2 is 2.25 bits per heavy atom. The first-order chi connectivity index (χ1) is 5.69. The van der Waals surface area contributed by atoms with Gasteiger partial charge in [-0.15, -0.1) is 0 Å². The highest BCUT2D eigenvalue weighted by molar-refractivity contribution is 6.34. The number of aldehydes is 1. The van der Waals surface area contributed by atoms with E-state index < -0.39 is 5.82 Å². The number of methoxy groups -OCH3 is 1. The van der Waals surface area contributed by atoms with E-state index in [-0.39, 0.29) is 5.56 Å². The second kappa shape index (κ2) is 3.39. The molecule has 0 amide bonds. The number of hydrogen-bond acceptors (Lipinski definition) is 2. The van der Waals surface area contributed by atoms with Crippen LogP contribution in [0.2, 0.25) is 0 Å². The molecule has 0 aliphatic carbocycles. The molecule has 1 rings (SSSR count). The molecule has 0 heterocycles. The van der Waals surface area contributed by atoms with Crippen molar-refractivity contribution in [2.24, 2.45) is 0 Å². The molecule has 1 aromatic rings. The summed E-state index contributed by atoms with van der Waals surface area (Å²) in [6, 6.07) is 2.48. The van der Waals surface area contributed by atoms with Crippen LogP contribution >= 0.6 is 0 Å². The molecule has 12 heavy (non-hydrogen) atoms. The van der Waals surface area contributed by atoms with Crippen molar-refractivity contribution in [3.05, 3.63) is 23.5 Å². The van der Waals surface area contributed by atoms with Gasteiger partial charge in [0.15, 0.2) is 6.29 Å². The molecule has 0 unspecified atom stereocenters. The average molecular weight is 166 g/mol. The molecule has 0 aromatic heterocycles. The first kappa shape index (κ1) is 8.78. The Morgan fingerprint density at radius 3 is 2.75 bits per heavy atom. The standard InChI is InChI=1S/C8H8BFO2/c1-12-8-5(4-11)2-6(10)3-7(8)9/h2-4H,9H2,1H3. The highest BCUT2D eigenvalue weighted by Gasteiger charge is 2.06. The van der Waals surface area contributed by atoms with E-state index in [0.29, 0.717) is 17.5 Å². The topological polar surface area (TPSA) is 26.3 Å². The summed E-state index contributed by atoms with van der Waals surface area (Å²) in [5.41, 5.74) is 0.870. The Labute approximate surface area is 70.8 Å². The summed E-state index contributed by atoms with van der Waals surface area (Å²) in [5, 5.41) is 0. The maximum Gasteiger partial charge on any atom is 0.153 e. The van der Waals surface area contributed by atoms with E-state index in [4.69, 9.17) is 4.74 Å². The fraction of sp³-hybridized carbons (Fsp3) is 0.125. The SMILES string of the molecule is Bc1cc(F)cc(C=O)c1OC. The number of halogens is 1. The van der Waals surface area contributed by atoms with Gasteiger partial charge < -0.3 is 4.74 Å². The first-order valence-electron chi connectivity index (χ1n) is 3.48. The van der Waals surface area contributed by atoms with Crippen LogP contribution in [0.5, 0.6) is 5.75 Å². The van der Waals surface area contributed by atoms with Crippen molar-refractivity contribution >= 4 is 19.6 Å². The minimum absolute atomic E-state index is 0.245. The molecule has 0 saturated carbocycles. The third-order valence-corrected chi connectivity index (χ3v) is 1.60. The zero-order valence-electron chi connectivity index (χ0n) is 6.93. The molecule has 0 radical (unpaired) electrons. The van der Waals surface area contributed by atoms with Crippen LogP contribution in [0.4, 0.5) is 4.39 Å². The summed E-state index contributed by atoms with van der Waals surface area (Å²) in [6.45, 7) is 0. The lowest BCUT2D eigenvalue weighted by atomic mass is 9.93. The van der Waals surface area contributed by atoms with E-state index in [1.54, 1.807) is 7.85 Å². The predicted octanol–water partition coefficient (Wildman–Crippen LogP) is -0.0948. The molecular formula is C8H8BFO2. The van der Waals surface area contributed by atoms with Crippen molar-refractivity contribution in [2.75, 3.05) is 7.11 Å². The smallest absolute Gasteiger partial charge is 0.153 e. The normalized spacial score (nSPS) is 9.50. The fourth-order valence-corrected chi connectivity index (χ4v) is 1.12. The lowest BCUT2D eigenvalue weighted by Crippen LogP contribution is -2.10. The van der Waals surface area contributed by atoms with E-state index >= 15 is 0 Å². The van der Waals surface area contributed by atoms with Gasteiger partial charge in [0.05, 0.1) is 12.7 Å². The van der Waals surface area contributed by atoms with Crippen LogP contribution in [0.3, 0.4) is 0 Å². The van der Waals surface area contributed by atoms with Crippen LogP contribution in [-0.4, -0.2) is 21.2 Å². The van der Waals surface area contributed by atoms with Crippen LogP contribution in [0.25, 0.3) is 0 Å². The summed E-state index contributed by atoms with van der Waals surface area (Å²) in [6.07, 6.45) is 0.578. The van der Waals surface area contributed by atoms with Gasteiger partial charge in [-0.3, -0.25) is 4.79 Å². The molecule has 0 N–H and O–H groups in total. The van der Waals surface area contributed by atoms with Crippen molar-refractivity contribution in [3.63, 3.8) is 0 Å². The van der Waals surface area contributed by atoms with Crippen LogP contribution in [-0.2, 0) is 0 Å². The number of rotatable bonds is 2. The van der Waals surface area contributed by atoms with Crippen LogP contribution < -0.4 is 10.2 Å². The molecule has 62 valence electrons. The maximum atomic E-state index is 12.7. The Bertz CT molecular complexity index is 312. The maximum absolute atomic E-state index is 12.7. The van der Waals surface area contributed by atoms with Gasteiger partial charge in [0, 0.05) is 0 Å². The monoisotopic (exact) mass is 166 g/mol. The van der Waals surface area contributed by atoms with Crippen molar-refractivity contribution in [1.29, 1.82) is 0 Å². The number of hydrogen-bond donors (Lipinski definition) is 0. The summed E-state index contributed by atoms with van der Waals surface area (Å²) in [5.74, 6) is 0.0156. The molecule has 4 heteroatoms. The predicted molar refractivity (Wildman–Crippen MR) is 46.5 cm³/mol.